The average Bonchev–Trinajstić information content (AvgIpc) is 3.01. The number of carbonyl (C=O) groups is 3. The summed E-state index contributed by atoms with van der Waals surface area (Å²) in [4.78, 5) is 51.0. The first-order valence-electron chi connectivity index (χ1n) is 10.9. The van der Waals surface area contributed by atoms with Crippen LogP contribution in [0.25, 0.3) is 5.69 Å². The third-order valence-corrected chi connectivity index (χ3v) is 5.70. The fourth-order valence-electron chi connectivity index (χ4n) is 4.23. The van der Waals surface area contributed by atoms with Crippen LogP contribution in [-0.2, 0) is 4.74 Å². The molecule has 0 atom stereocenters. The number of nitrogens with two attached hydrogens (primary N) is 1. The number of imide groups is 1. The molecule has 34 heavy (non-hydrogen) atoms. The Balaban J connectivity index is 1.63. The maximum absolute atomic E-state index is 15.1. The lowest BCUT2D eigenvalue weighted by molar-refractivity contribution is 0.0496. The van der Waals surface area contributed by atoms with Gasteiger partial charge >= 0.3 is 6.09 Å². The lowest BCUT2D eigenvalue weighted by atomic mass is 10.0. The molecule has 0 saturated carbocycles. The van der Waals surface area contributed by atoms with Crippen LogP contribution in [-0.4, -0.2) is 47.2 Å². The largest absolute Gasteiger partial charge is 0.444 e. The van der Waals surface area contributed by atoms with Crippen LogP contribution in [0.2, 0.25) is 0 Å². The highest BCUT2D eigenvalue weighted by molar-refractivity contribution is 6.23. The van der Waals surface area contributed by atoms with E-state index in [9.17, 15) is 19.2 Å². The fourth-order valence-corrected chi connectivity index (χ4v) is 4.23. The average molecular weight is 471 g/mol. The molecule has 0 radical (unpaired) electrons. The Hall–Kier alpha value is -3.89. The Kier molecular flexibility index (Phi) is 5.80. The summed E-state index contributed by atoms with van der Waals surface area (Å²) in [6.45, 7) is 6.29. The van der Waals surface area contributed by atoms with Crippen LogP contribution in [0, 0.1) is 5.82 Å². The number of rotatable bonds is 3. The van der Waals surface area contributed by atoms with Crippen LogP contribution in [0.5, 0.6) is 0 Å². The van der Waals surface area contributed by atoms with E-state index in [0.29, 0.717) is 31.6 Å². The monoisotopic (exact) mass is 471 g/mol. The highest BCUT2D eigenvalue weighted by Crippen LogP contribution is 2.32. The highest BCUT2D eigenvalue weighted by Gasteiger charge is 2.33. The van der Waals surface area contributed by atoms with Crippen LogP contribution in [0.4, 0.5) is 20.7 Å². The molecule has 1 saturated heterocycles. The number of anilines is 2. The SMILES string of the molecule is CC(C)(C)OC(=O)NC1CCN(c2cccc(F)c2-n2c(N)c3c(cc2=O)C(=O)NC3=O)CC1. The first-order valence-corrected chi connectivity index (χ1v) is 10.9. The molecule has 1 fully saturated rings. The number of carbonyl (C=O) groups excluding carboxylic acids is 3. The Bertz CT molecular complexity index is 1240. The second-order valence-corrected chi connectivity index (χ2v) is 9.29. The first kappa shape index (κ1) is 23.3. The van der Waals surface area contributed by atoms with Crippen molar-refractivity contribution < 1.29 is 23.5 Å². The van der Waals surface area contributed by atoms with Gasteiger partial charge in [0, 0.05) is 25.2 Å². The van der Waals surface area contributed by atoms with Gasteiger partial charge in [-0.05, 0) is 45.7 Å². The molecule has 0 spiro atoms. The molecule has 1 aromatic heterocycles. The van der Waals surface area contributed by atoms with E-state index in [4.69, 9.17) is 10.5 Å². The molecule has 10 nitrogen and oxygen atoms in total. The Morgan fingerprint density at radius 3 is 2.50 bits per heavy atom. The lowest BCUT2D eigenvalue weighted by Crippen LogP contribution is -2.46. The number of aromatic nitrogens is 1. The number of ether oxygens (including phenoxy) is 1. The van der Waals surface area contributed by atoms with E-state index in [0.717, 1.165) is 10.6 Å². The summed E-state index contributed by atoms with van der Waals surface area (Å²) >= 11 is 0. The number of fused-ring (bicyclic) bond motifs is 1. The quantitative estimate of drug-likeness (QED) is 0.582. The molecule has 1 aromatic carbocycles. The summed E-state index contributed by atoms with van der Waals surface area (Å²) in [5, 5.41) is 4.94. The van der Waals surface area contributed by atoms with Gasteiger partial charge in [0.05, 0.1) is 16.8 Å². The number of halogens is 1. The maximum atomic E-state index is 15.1. The van der Waals surface area contributed by atoms with Crippen LogP contribution in [0.15, 0.2) is 29.1 Å². The van der Waals surface area contributed by atoms with Gasteiger partial charge in [-0.3, -0.25) is 24.3 Å². The molecule has 4 rings (SSSR count). The topological polar surface area (TPSA) is 136 Å². The number of para-hydroxylation sites is 1. The molecule has 3 heterocycles. The second kappa shape index (κ2) is 8.47. The zero-order valence-electron chi connectivity index (χ0n) is 19.1. The van der Waals surface area contributed by atoms with Crippen molar-refractivity contribution in [1.29, 1.82) is 0 Å². The minimum atomic E-state index is -0.738. The number of nitrogens with zero attached hydrogens (tertiary/aromatic N) is 2. The van der Waals surface area contributed by atoms with Crippen molar-refractivity contribution in [2.24, 2.45) is 0 Å². The number of benzene rings is 1. The summed E-state index contributed by atoms with van der Waals surface area (Å²) in [5.41, 5.74) is 4.81. The van der Waals surface area contributed by atoms with E-state index in [1.165, 1.54) is 12.1 Å². The molecule has 2 aliphatic heterocycles. The van der Waals surface area contributed by atoms with Gasteiger partial charge in [-0.25, -0.2) is 9.18 Å². The van der Waals surface area contributed by atoms with Crippen molar-refractivity contribution in [3.05, 3.63) is 51.6 Å². The van der Waals surface area contributed by atoms with Gasteiger partial charge in [0.15, 0.2) is 0 Å². The van der Waals surface area contributed by atoms with E-state index in [1.54, 1.807) is 26.8 Å². The lowest BCUT2D eigenvalue weighted by Gasteiger charge is -2.35. The van der Waals surface area contributed by atoms with E-state index in [2.05, 4.69) is 10.6 Å². The molecular weight excluding hydrogens is 445 g/mol. The van der Waals surface area contributed by atoms with Crippen molar-refractivity contribution in [2.45, 2.75) is 45.3 Å². The van der Waals surface area contributed by atoms with E-state index >= 15 is 4.39 Å². The minimum Gasteiger partial charge on any atom is -0.444 e. The summed E-state index contributed by atoms with van der Waals surface area (Å²) in [7, 11) is 0. The van der Waals surface area contributed by atoms with Crippen molar-refractivity contribution in [2.75, 3.05) is 23.7 Å². The Morgan fingerprint density at radius 2 is 1.85 bits per heavy atom. The molecule has 4 N–H and O–H groups in total. The third-order valence-electron chi connectivity index (χ3n) is 5.70. The number of amides is 3. The number of piperidine rings is 1. The predicted molar refractivity (Wildman–Crippen MR) is 123 cm³/mol. The molecule has 2 aliphatic rings. The number of hydrogen-bond acceptors (Lipinski definition) is 7. The third kappa shape index (κ3) is 4.33. The van der Waals surface area contributed by atoms with Gasteiger partial charge in [-0.1, -0.05) is 6.07 Å². The summed E-state index contributed by atoms with van der Waals surface area (Å²) in [5.74, 6) is -2.47. The van der Waals surface area contributed by atoms with Crippen molar-refractivity contribution in [3.8, 4) is 5.69 Å². The van der Waals surface area contributed by atoms with Gasteiger partial charge in [0.1, 0.15) is 22.9 Å². The van der Waals surface area contributed by atoms with Crippen molar-refractivity contribution >= 4 is 29.4 Å². The zero-order chi connectivity index (χ0) is 24.8. The predicted octanol–water partition coefficient (Wildman–Crippen LogP) is 1.94. The summed E-state index contributed by atoms with van der Waals surface area (Å²) in [6.07, 6.45) is 0.643. The van der Waals surface area contributed by atoms with Crippen LogP contribution in [0.3, 0.4) is 0 Å². The smallest absolute Gasteiger partial charge is 0.407 e. The van der Waals surface area contributed by atoms with Gasteiger partial charge in [0.25, 0.3) is 17.4 Å². The van der Waals surface area contributed by atoms with Gasteiger partial charge in [-0.15, -0.1) is 0 Å². The van der Waals surface area contributed by atoms with Crippen LogP contribution in [0.1, 0.15) is 54.3 Å². The summed E-state index contributed by atoms with van der Waals surface area (Å²) in [6, 6.07) is 5.23. The number of nitrogens with one attached hydrogen (secondary N) is 2. The molecule has 11 heteroatoms. The normalized spacial score (nSPS) is 16.3. The molecule has 2 aromatic rings. The molecule has 0 unspecified atom stereocenters. The molecule has 0 aliphatic carbocycles. The van der Waals surface area contributed by atoms with E-state index < -0.39 is 34.9 Å². The molecule has 0 bridgehead atoms. The maximum Gasteiger partial charge on any atom is 0.407 e. The standard InChI is InChI=1S/C23H26FN5O5/c1-23(2,3)34-22(33)26-12-7-9-28(10-8-12)15-6-4-5-14(24)18(15)29-16(30)11-13-17(19(29)25)21(32)27-20(13)31/h4-6,11-12H,7-10,25H2,1-3H3,(H,26,33)(H,27,31,32). The zero-order valence-corrected chi connectivity index (χ0v) is 19.1. The van der Waals surface area contributed by atoms with Crippen LogP contribution >= 0.6 is 0 Å². The molecule has 180 valence electrons. The van der Waals surface area contributed by atoms with Gasteiger partial charge in [-0.2, -0.15) is 0 Å². The Morgan fingerprint density at radius 1 is 1.18 bits per heavy atom. The molecular formula is C23H26FN5O5. The molecule has 3 amide bonds. The summed E-state index contributed by atoms with van der Waals surface area (Å²) < 4.78 is 21.3. The van der Waals surface area contributed by atoms with Gasteiger partial charge in [0.2, 0.25) is 0 Å². The van der Waals surface area contributed by atoms with Crippen molar-refractivity contribution in [1.82, 2.24) is 15.2 Å². The number of pyridine rings is 1. The fraction of sp³-hybridized carbons (Fsp3) is 0.391. The number of nitrogen functional groups attached to an aromatic ring is 1. The number of alkyl carbamates (subject to hydrolysis) is 1. The number of hydrogen-bond donors (Lipinski definition) is 3. The van der Waals surface area contributed by atoms with Gasteiger partial charge < -0.3 is 20.7 Å². The van der Waals surface area contributed by atoms with E-state index in [-0.39, 0.29) is 28.7 Å². The van der Waals surface area contributed by atoms with Crippen molar-refractivity contribution in [3.63, 3.8) is 0 Å². The van der Waals surface area contributed by atoms with E-state index in [1.807, 2.05) is 4.90 Å². The minimum absolute atomic E-state index is 0.0986. The highest BCUT2D eigenvalue weighted by atomic mass is 19.1. The Labute approximate surface area is 194 Å². The van der Waals surface area contributed by atoms with Crippen LogP contribution < -0.4 is 26.8 Å². The first-order chi connectivity index (χ1) is 16.0. The second-order valence-electron chi connectivity index (χ2n) is 9.29.